The number of ketones is 1. The molecule has 1 aliphatic heterocycles. The number of hydrogen-bond donors (Lipinski definition) is 0. The smallest absolute Gasteiger partial charge is 0.190 e. The van der Waals surface area contributed by atoms with E-state index in [-0.39, 0.29) is 5.78 Å². The van der Waals surface area contributed by atoms with Gasteiger partial charge >= 0.3 is 0 Å². The molecular weight excluding hydrogens is 192 g/mol. The Labute approximate surface area is 88.3 Å². The van der Waals surface area contributed by atoms with E-state index in [9.17, 15) is 4.79 Å². The van der Waals surface area contributed by atoms with Crippen molar-refractivity contribution in [1.82, 2.24) is 0 Å². The van der Waals surface area contributed by atoms with Gasteiger partial charge < -0.3 is 9.47 Å². The average molecular weight is 204 g/mol. The first kappa shape index (κ1) is 9.93. The maximum absolute atomic E-state index is 11.3. The molecule has 1 atom stereocenters. The van der Waals surface area contributed by atoms with Crippen LogP contribution in [0, 0.1) is 0 Å². The van der Waals surface area contributed by atoms with Crippen LogP contribution in [0.3, 0.4) is 0 Å². The highest BCUT2D eigenvalue weighted by Gasteiger charge is 2.20. The minimum absolute atomic E-state index is 0.0304. The lowest BCUT2D eigenvalue weighted by atomic mass is 10.2. The molecule has 1 unspecified atom stereocenters. The van der Waals surface area contributed by atoms with Gasteiger partial charge in [0.2, 0.25) is 0 Å². The lowest BCUT2D eigenvalue weighted by molar-refractivity contribution is -0.131. The van der Waals surface area contributed by atoms with Crippen molar-refractivity contribution in [3.8, 4) is 0 Å². The van der Waals surface area contributed by atoms with E-state index >= 15 is 0 Å². The maximum Gasteiger partial charge on any atom is 0.190 e. The summed E-state index contributed by atoms with van der Waals surface area (Å²) in [4.78, 5) is 11.3. The van der Waals surface area contributed by atoms with Crippen LogP contribution in [-0.4, -0.2) is 18.5 Å². The monoisotopic (exact) mass is 204 g/mol. The third-order valence-electron chi connectivity index (χ3n) is 2.19. The van der Waals surface area contributed by atoms with Crippen molar-refractivity contribution >= 4 is 5.78 Å². The van der Waals surface area contributed by atoms with Crippen LogP contribution in [0.4, 0.5) is 0 Å². The summed E-state index contributed by atoms with van der Waals surface area (Å²) in [6, 6.07) is 9.75. The molecule has 1 aromatic rings. The van der Waals surface area contributed by atoms with Crippen molar-refractivity contribution in [3.05, 3.63) is 48.2 Å². The second-order valence-electron chi connectivity index (χ2n) is 3.32. The standard InChI is InChI=1S/C12H12O3/c13-11-6-7-14-9-12(11)15-8-10-4-2-1-3-5-10/h1-7,12H,8-9H2. The van der Waals surface area contributed by atoms with Crippen molar-refractivity contribution in [1.29, 1.82) is 0 Å². The van der Waals surface area contributed by atoms with Gasteiger partial charge in [0.05, 0.1) is 12.9 Å². The molecule has 0 fully saturated rings. The van der Waals surface area contributed by atoms with Crippen LogP contribution in [0.5, 0.6) is 0 Å². The molecule has 0 N–H and O–H groups in total. The van der Waals surface area contributed by atoms with Crippen molar-refractivity contribution in [3.63, 3.8) is 0 Å². The highest BCUT2D eigenvalue weighted by atomic mass is 16.5. The van der Waals surface area contributed by atoms with Crippen LogP contribution in [0.15, 0.2) is 42.7 Å². The Morgan fingerprint density at radius 1 is 1.33 bits per heavy atom. The second-order valence-corrected chi connectivity index (χ2v) is 3.32. The van der Waals surface area contributed by atoms with Crippen LogP contribution in [0.1, 0.15) is 5.56 Å². The summed E-state index contributed by atoms with van der Waals surface area (Å²) in [5.74, 6) is -0.0304. The molecule has 0 saturated carbocycles. The first-order valence-electron chi connectivity index (χ1n) is 4.84. The molecule has 0 amide bonds. The molecule has 3 nitrogen and oxygen atoms in total. The fourth-order valence-electron chi connectivity index (χ4n) is 1.35. The van der Waals surface area contributed by atoms with Crippen LogP contribution in [-0.2, 0) is 20.9 Å². The van der Waals surface area contributed by atoms with Crippen molar-refractivity contribution < 1.29 is 14.3 Å². The van der Waals surface area contributed by atoms with Crippen molar-refractivity contribution in [2.75, 3.05) is 6.61 Å². The molecule has 3 heteroatoms. The Balaban J connectivity index is 1.88. The Bertz CT molecular complexity index is 356. The van der Waals surface area contributed by atoms with E-state index in [4.69, 9.17) is 9.47 Å². The molecule has 2 rings (SSSR count). The summed E-state index contributed by atoms with van der Waals surface area (Å²) >= 11 is 0. The number of carbonyl (C=O) groups is 1. The van der Waals surface area contributed by atoms with E-state index in [0.29, 0.717) is 13.2 Å². The predicted octanol–water partition coefficient (Wildman–Crippen LogP) is 1.68. The largest absolute Gasteiger partial charge is 0.498 e. The maximum atomic E-state index is 11.3. The number of hydrogen-bond acceptors (Lipinski definition) is 3. The van der Waals surface area contributed by atoms with E-state index in [0.717, 1.165) is 5.56 Å². The Hall–Kier alpha value is -1.61. The molecule has 78 valence electrons. The van der Waals surface area contributed by atoms with Gasteiger partial charge in [-0.25, -0.2) is 0 Å². The normalized spacial score (nSPS) is 20.0. The summed E-state index contributed by atoms with van der Waals surface area (Å²) in [7, 11) is 0. The quantitative estimate of drug-likeness (QED) is 0.751. The van der Waals surface area contributed by atoms with Gasteiger partial charge in [0.25, 0.3) is 0 Å². The lowest BCUT2D eigenvalue weighted by Crippen LogP contribution is -2.29. The third-order valence-corrected chi connectivity index (χ3v) is 2.19. The lowest BCUT2D eigenvalue weighted by Gasteiger charge is -2.17. The van der Waals surface area contributed by atoms with Crippen LogP contribution in [0.25, 0.3) is 0 Å². The number of carbonyl (C=O) groups excluding carboxylic acids is 1. The van der Waals surface area contributed by atoms with Gasteiger partial charge in [-0.05, 0) is 5.56 Å². The molecular formula is C12H12O3. The molecule has 1 heterocycles. The molecule has 0 aliphatic carbocycles. The minimum atomic E-state index is -0.463. The van der Waals surface area contributed by atoms with Crippen LogP contribution >= 0.6 is 0 Å². The van der Waals surface area contributed by atoms with Gasteiger partial charge in [0, 0.05) is 6.08 Å². The fraction of sp³-hybridized carbons (Fsp3) is 0.250. The summed E-state index contributed by atoms with van der Waals surface area (Å²) in [5.41, 5.74) is 1.06. The van der Waals surface area contributed by atoms with E-state index in [2.05, 4.69) is 0 Å². The van der Waals surface area contributed by atoms with Gasteiger partial charge in [0.15, 0.2) is 11.9 Å². The van der Waals surface area contributed by atoms with Gasteiger partial charge in [-0.1, -0.05) is 30.3 Å². The van der Waals surface area contributed by atoms with E-state index in [1.165, 1.54) is 12.3 Å². The molecule has 1 aliphatic rings. The molecule has 0 radical (unpaired) electrons. The van der Waals surface area contributed by atoms with Crippen molar-refractivity contribution in [2.45, 2.75) is 12.7 Å². The highest BCUT2D eigenvalue weighted by molar-refractivity contribution is 5.94. The number of rotatable bonds is 3. The number of ether oxygens (including phenoxy) is 2. The molecule has 0 saturated heterocycles. The van der Waals surface area contributed by atoms with Gasteiger partial charge in [-0.15, -0.1) is 0 Å². The molecule has 1 aromatic carbocycles. The van der Waals surface area contributed by atoms with Gasteiger partial charge in [-0.3, -0.25) is 4.79 Å². The zero-order chi connectivity index (χ0) is 10.5. The second kappa shape index (κ2) is 4.75. The Morgan fingerprint density at radius 3 is 2.87 bits per heavy atom. The summed E-state index contributed by atoms with van der Waals surface area (Å²) in [6.45, 7) is 0.747. The average Bonchev–Trinajstić information content (AvgIpc) is 2.29. The first-order valence-corrected chi connectivity index (χ1v) is 4.84. The van der Waals surface area contributed by atoms with E-state index in [1.54, 1.807) is 0 Å². The molecule has 15 heavy (non-hydrogen) atoms. The van der Waals surface area contributed by atoms with Gasteiger partial charge in [-0.2, -0.15) is 0 Å². The highest BCUT2D eigenvalue weighted by Crippen LogP contribution is 2.08. The minimum Gasteiger partial charge on any atom is -0.498 e. The first-order chi connectivity index (χ1) is 7.36. The molecule has 0 bridgehead atoms. The predicted molar refractivity (Wildman–Crippen MR) is 55.1 cm³/mol. The summed E-state index contributed by atoms with van der Waals surface area (Å²) in [5, 5.41) is 0. The molecule has 0 aromatic heterocycles. The van der Waals surface area contributed by atoms with Crippen molar-refractivity contribution in [2.24, 2.45) is 0 Å². The third kappa shape index (κ3) is 2.67. The van der Waals surface area contributed by atoms with Crippen LogP contribution < -0.4 is 0 Å². The topological polar surface area (TPSA) is 35.5 Å². The fourth-order valence-corrected chi connectivity index (χ4v) is 1.35. The van der Waals surface area contributed by atoms with E-state index < -0.39 is 6.10 Å². The summed E-state index contributed by atoms with van der Waals surface area (Å²) < 4.78 is 10.5. The molecule has 0 spiro atoms. The van der Waals surface area contributed by atoms with Crippen LogP contribution in [0.2, 0.25) is 0 Å². The van der Waals surface area contributed by atoms with E-state index in [1.807, 2.05) is 30.3 Å². The summed E-state index contributed by atoms with van der Waals surface area (Å²) in [6.07, 6.45) is 2.35. The Kier molecular flexibility index (Phi) is 3.15. The van der Waals surface area contributed by atoms with Gasteiger partial charge in [0.1, 0.15) is 6.61 Å². The Morgan fingerprint density at radius 2 is 2.13 bits per heavy atom. The zero-order valence-electron chi connectivity index (χ0n) is 8.26. The number of benzene rings is 1. The SMILES string of the molecule is O=C1C=COCC1OCc1ccccc1. The zero-order valence-corrected chi connectivity index (χ0v) is 8.26.